The summed E-state index contributed by atoms with van der Waals surface area (Å²) in [6, 6.07) is 0. The van der Waals surface area contributed by atoms with Crippen LogP contribution in [0.4, 0.5) is 0 Å². The molecular formula is C26H51NO2. The molecule has 3 heteroatoms. The van der Waals surface area contributed by atoms with Gasteiger partial charge in [-0.2, -0.15) is 0 Å². The third-order valence-electron chi connectivity index (χ3n) is 5.46. The zero-order valence-corrected chi connectivity index (χ0v) is 20.2. The zero-order chi connectivity index (χ0) is 21.6. The lowest BCUT2D eigenvalue weighted by molar-refractivity contribution is -0.150. The number of esters is 1. The lowest BCUT2D eigenvalue weighted by Crippen LogP contribution is -2.20. The highest BCUT2D eigenvalue weighted by Crippen LogP contribution is 2.17. The van der Waals surface area contributed by atoms with Crippen LogP contribution >= 0.6 is 0 Å². The summed E-state index contributed by atoms with van der Waals surface area (Å²) in [4.78, 5) is 14.3. The number of carbonyl (C=O) groups excluding carboxylic acids is 1. The van der Waals surface area contributed by atoms with Crippen molar-refractivity contribution < 1.29 is 9.53 Å². The number of hydrogen-bond acceptors (Lipinski definition) is 3. The molecule has 0 aromatic carbocycles. The van der Waals surface area contributed by atoms with Crippen LogP contribution in [0.25, 0.3) is 0 Å². The summed E-state index contributed by atoms with van der Waals surface area (Å²) in [6.45, 7) is 5.39. The number of unbranched alkanes of at least 4 members (excludes halogenated alkanes) is 10. The van der Waals surface area contributed by atoms with E-state index in [1.165, 1.54) is 77.0 Å². The molecule has 0 amide bonds. The minimum Gasteiger partial charge on any atom is -0.462 e. The van der Waals surface area contributed by atoms with Gasteiger partial charge in [-0.15, -0.1) is 0 Å². The average molecular weight is 410 g/mol. The molecule has 0 fully saturated rings. The smallest absolute Gasteiger partial charge is 0.306 e. The molecule has 0 rings (SSSR count). The zero-order valence-electron chi connectivity index (χ0n) is 20.2. The van der Waals surface area contributed by atoms with Gasteiger partial charge in [-0.1, -0.05) is 77.4 Å². The van der Waals surface area contributed by atoms with Crippen molar-refractivity contribution >= 4 is 5.97 Å². The molecule has 0 aliphatic rings. The Labute approximate surface area is 182 Å². The first kappa shape index (κ1) is 28.2. The minimum absolute atomic E-state index is 0.00513. The highest BCUT2D eigenvalue weighted by Gasteiger charge is 2.14. The Morgan fingerprint density at radius 1 is 0.793 bits per heavy atom. The Hall–Kier alpha value is -0.830. The van der Waals surface area contributed by atoms with Crippen LogP contribution in [-0.4, -0.2) is 37.6 Å². The molecular weight excluding hydrogens is 358 g/mol. The van der Waals surface area contributed by atoms with Crippen molar-refractivity contribution in [3.8, 4) is 0 Å². The Morgan fingerprint density at radius 3 is 1.97 bits per heavy atom. The molecule has 0 N–H and O–H groups in total. The Morgan fingerprint density at radius 2 is 1.38 bits per heavy atom. The second-order valence-corrected chi connectivity index (χ2v) is 8.80. The van der Waals surface area contributed by atoms with Gasteiger partial charge in [0.05, 0.1) is 0 Å². The Bertz CT molecular complexity index is 379. The first-order valence-corrected chi connectivity index (χ1v) is 12.6. The molecule has 0 bridgehead atoms. The van der Waals surface area contributed by atoms with Crippen molar-refractivity contribution in [1.82, 2.24) is 4.90 Å². The van der Waals surface area contributed by atoms with Gasteiger partial charge in [0.1, 0.15) is 6.10 Å². The number of allylic oxidation sites excluding steroid dienone is 2. The first-order valence-electron chi connectivity index (χ1n) is 12.6. The summed E-state index contributed by atoms with van der Waals surface area (Å²) in [5.41, 5.74) is 0. The highest BCUT2D eigenvalue weighted by atomic mass is 16.5. The fourth-order valence-electron chi connectivity index (χ4n) is 3.65. The monoisotopic (exact) mass is 409 g/mol. The summed E-state index contributed by atoms with van der Waals surface area (Å²) in [7, 11) is 4.10. The van der Waals surface area contributed by atoms with Gasteiger partial charge in [0.15, 0.2) is 0 Å². The largest absolute Gasteiger partial charge is 0.462 e. The summed E-state index contributed by atoms with van der Waals surface area (Å²) < 4.78 is 5.86. The van der Waals surface area contributed by atoms with E-state index < -0.39 is 0 Å². The van der Waals surface area contributed by atoms with Crippen molar-refractivity contribution in [3.05, 3.63) is 12.2 Å². The molecule has 0 aromatic rings. The Balaban J connectivity index is 3.97. The average Bonchev–Trinajstić information content (AvgIpc) is 2.68. The van der Waals surface area contributed by atoms with Crippen molar-refractivity contribution in [1.29, 1.82) is 0 Å². The summed E-state index contributed by atoms with van der Waals surface area (Å²) in [5, 5.41) is 0. The number of rotatable bonds is 21. The third kappa shape index (κ3) is 21.7. The van der Waals surface area contributed by atoms with Crippen molar-refractivity contribution in [2.24, 2.45) is 0 Å². The summed E-state index contributed by atoms with van der Waals surface area (Å²) >= 11 is 0. The predicted molar refractivity (Wildman–Crippen MR) is 127 cm³/mol. The van der Waals surface area contributed by atoms with Gasteiger partial charge in [0.25, 0.3) is 0 Å². The maximum atomic E-state index is 12.2. The lowest BCUT2D eigenvalue weighted by atomic mass is 10.0. The van der Waals surface area contributed by atoms with E-state index >= 15 is 0 Å². The molecule has 0 saturated heterocycles. The van der Waals surface area contributed by atoms with Gasteiger partial charge in [-0.25, -0.2) is 0 Å². The summed E-state index contributed by atoms with van der Waals surface area (Å²) in [5.74, 6) is 0.00513. The number of carbonyl (C=O) groups is 1. The van der Waals surface area contributed by atoms with E-state index in [0.29, 0.717) is 6.42 Å². The van der Waals surface area contributed by atoms with Crippen LogP contribution in [0.5, 0.6) is 0 Å². The second-order valence-electron chi connectivity index (χ2n) is 8.80. The normalized spacial score (nSPS) is 12.7. The Kier molecular flexibility index (Phi) is 21.2. The first-order chi connectivity index (χ1) is 14.1. The predicted octanol–water partition coefficient (Wildman–Crippen LogP) is 7.69. The van der Waals surface area contributed by atoms with Gasteiger partial charge in [-0.05, 0) is 72.0 Å². The van der Waals surface area contributed by atoms with Gasteiger partial charge in [0, 0.05) is 6.42 Å². The van der Waals surface area contributed by atoms with E-state index in [1.54, 1.807) is 0 Å². The van der Waals surface area contributed by atoms with Crippen LogP contribution in [0.15, 0.2) is 12.2 Å². The molecule has 1 unspecified atom stereocenters. The maximum absolute atomic E-state index is 12.2. The van der Waals surface area contributed by atoms with Gasteiger partial charge < -0.3 is 9.64 Å². The van der Waals surface area contributed by atoms with Crippen molar-refractivity contribution in [3.63, 3.8) is 0 Å². The van der Waals surface area contributed by atoms with Crippen LogP contribution < -0.4 is 0 Å². The van der Waals surface area contributed by atoms with Gasteiger partial charge in [-0.3, -0.25) is 4.79 Å². The fraction of sp³-hybridized carbons (Fsp3) is 0.885. The van der Waals surface area contributed by atoms with E-state index in [-0.39, 0.29) is 12.1 Å². The molecule has 29 heavy (non-hydrogen) atoms. The molecule has 0 spiro atoms. The second kappa shape index (κ2) is 21.9. The minimum atomic E-state index is 0.00513. The van der Waals surface area contributed by atoms with Crippen molar-refractivity contribution in [2.45, 2.75) is 129 Å². The van der Waals surface area contributed by atoms with Gasteiger partial charge in [0.2, 0.25) is 0 Å². The van der Waals surface area contributed by atoms with Crippen LogP contribution in [0.2, 0.25) is 0 Å². The number of hydrogen-bond donors (Lipinski definition) is 0. The van der Waals surface area contributed by atoms with E-state index in [2.05, 4.69) is 30.9 Å². The molecule has 0 aromatic heterocycles. The SMILES string of the molecule is CC/C=C\CCCCCCCCC(CCCCCCC)OC(=O)CCCN(C)C. The molecule has 0 radical (unpaired) electrons. The van der Waals surface area contributed by atoms with Crippen LogP contribution in [0.3, 0.4) is 0 Å². The third-order valence-corrected chi connectivity index (χ3v) is 5.46. The fourth-order valence-corrected chi connectivity index (χ4v) is 3.65. The number of ether oxygens (including phenoxy) is 1. The topological polar surface area (TPSA) is 29.5 Å². The standard InChI is InChI=1S/C26H51NO2/c1-5-7-9-11-12-13-14-15-17-19-22-25(21-18-16-10-8-6-2)29-26(28)23-20-24-27(3)4/h7,9,25H,5-6,8,10-24H2,1-4H3/b9-7-. The van der Waals surface area contributed by atoms with Crippen LogP contribution in [-0.2, 0) is 9.53 Å². The lowest BCUT2D eigenvalue weighted by Gasteiger charge is -2.18. The van der Waals surface area contributed by atoms with E-state index in [9.17, 15) is 4.79 Å². The van der Waals surface area contributed by atoms with E-state index in [1.807, 2.05) is 14.1 Å². The molecule has 0 aliphatic heterocycles. The van der Waals surface area contributed by atoms with Crippen LogP contribution in [0, 0.1) is 0 Å². The van der Waals surface area contributed by atoms with E-state index in [0.717, 1.165) is 32.2 Å². The number of nitrogens with zero attached hydrogens (tertiary/aromatic N) is 1. The molecule has 3 nitrogen and oxygen atoms in total. The molecule has 172 valence electrons. The maximum Gasteiger partial charge on any atom is 0.306 e. The van der Waals surface area contributed by atoms with Crippen molar-refractivity contribution in [2.75, 3.05) is 20.6 Å². The molecule has 0 saturated carbocycles. The summed E-state index contributed by atoms with van der Waals surface area (Å²) in [6.07, 6.45) is 24.8. The van der Waals surface area contributed by atoms with Gasteiger partial charge >= 0.3 is 5.97 Å². The van der Waals surface area contributed by atoms with Crippen LogP contribution in [0.1, 0.15) is 123 Å². The molecule has 0 heterocycles. The quantitative estimate of drug-likeness (QED) is 0.110. The van der Waals surface area contributed by atoms with E-state index in [4.69, 9.17) is 4.74 Å². The molecule has 1 atom stereocenters. The highest BCUT2D eigenvalue weighted by molar-refractivity contribution is 5.69. The molecule has 0 aliphatic carbocycles.